The molecule has 2 aromatic carbocycles. The van der Waals surface area contributed by atoms with E-state index in [0.29, 0.717) is 27.4 Å². The highest BCUT2D eigenvalue weighted by molar-refractivity contribution is 6.31. The van der Waals surface area contributed by atoms with Gasteiger partial charge < -0.3 is 15.0 Å². The molecular formula is C21H16ClN3O3. The number of amides is 1. The van der Waals surface area contributed by atoms with E-state index in [-0.39, 0.29) is 12.1 Å². The largest absolute Gasteiger partial charge is 0.480 e. The molecule has 3 rings (SSSR count). The van der Waals surface area contributed by atoms with E-state index in [2.05, 4.69) is 5.32 Å². The van der Waals surface area contributed by atoms with Crippen molar-refractivity contribution >= 4 is 46.1 Å². The van der Waals surface area contributed by atoms with E-state index in [9.17, 15) is 14.9 Å². The molecule has 0 unspecified atom stereocenters. The fraction of sp³-hybridized carbons (Fsp3) is 0.0952. The summed E-state index contributed by atoms with van der Waals surface area (Å²) in [5, 5.41) is 22.5. The van der Waals surface area contributed by atoms with Crippen LogP contribution in [-0.2, 0) is 16.1 Å². The highest BCUT2D eigenvalue weighted by Crippen LogP contribution is 2.25. The topological polar surface area (TPSA) is 95.1 Å². The molecule has 2 N–H and O–H groups in total. The predicted octanol–water partition coefficient (Wildman–Crippen LogP) is 4.23. The van der Waals surface area contributed by atoms with E-state index in [0.717, 1.165) is 5.39 Å². The van der Waals surface area contributed by atoms with Gasteiger partial charge in [0.05, 0.1) is 0 Å². The van der Waals surface area contributed by atoms with Crippen molar-refractivity contribution in [3.8, 4) is 6.07 Å². The number of nitrogens with zero attached hydrogens (tertiary/aromatic N) is 2. The summed E-state index contributed by atoms with van der Waals surface area (Å²) in [6.07, 6.45) is 3.07. The quantitative estimate of drug-likeness (QED) is 0.500. The molecule has 7 heteroatoms. The number of halogens is 1. The lowest BCUT2D eigenvalue weighted by atomic mass is 10.1. The Morgan fingerprint density at radius 1 is 1.25 bits per heavy atom. The molecule has 1 heterocycles. The molecule has 0 aliphatic heterocycles. The number of carbonyl (C=O) groups is 2. The number of nitriles is 1. The van der Waals surface area contributed by atoms with Crippen LogP contribution in [-0.4, -0.2) is 21.6 Å². The van der Waals surface area contributed by atoms with Gasteiger partial charge in [0.15, 0.2) is 0 Å². The van der Waals surface area contributed by atoms with Crippen LogP contribution in [0, 0.1) is 18.3 Å². The molecule has 0 bridgehead atoms. The van der Waals surface area contributed by atoms with E-state index in [4.69, 9.17) is 16.7 Å². The number of aliphatic carboxylic acids is 1. The average molecular weight is 394 g/mol. The molecule has 1 amide bonds. The highest BCUT2D eigenvalue weighted by Gasteiger charge is 2.15. The first-order chi connectivity index (χ1) is 13.4. The molecular weight excluding hydrogens is 378 g/mol. The molecule has 0 radical (unpaired) electrons. The second-order valence-electron chi connectivity index (χ2n) is 6.16. The molecule has 0 fully saturated rings. The number of anilines is 1. The fourth-order valence-corrected chi connectivity index (χ4v) is 3.08. The van der Waals surface area contributed by atoms with Gasteiger partial charge in [-0.2, -0.15) is 5.26 Å². The molecule has 0 saturated heterocycles. The summed E-state index contributed by atoms with van der Waals surface area (Å²) >= 11 is 6.07. The zero-order chi connectivity index (χ0) is 20.3. The van der Waals surface area contributed by atoms with Crippen LogP contribution >= 0.6 is 11.6 Å². The smallest absolute Gasteiger partial charge is 0.323 e. The van der Waals surface area contributed by atoms with Crippen molar-refractivity contribution in [1.29, 1.82) is 5.26 Å². The number of hydrogen-bond acceptors (Lipinski definition) is 3. The Morgan fingerprint density at radius 2 is 2.00 bits per heavy atom. The lowest BCUT2D eigenvalue weighted by molar-refractivity contribution is -0.137. The van der Waals surface area contributed by atoms with Gasteiger partial charge in [0.25, 0.3) is 5.91 Å². The number of carboxylic acid groups (broad SMARTS) is 1. The van der Waals surface area contributed by atoms with Crippen molar-refractivity contribution in [2.75, 3.05) is 5.32 Å². The number of nitrogens with one attached hydrogen (secondary N) is 1. The number of rotatable bonds is 5. The van der Waals surface area contributed by atoms with Crippen LogP contribution < -0.4 is 5.32 Å². The summed E-state index contributed by atoms with van der Waals surface area (Å²) in [5.74, 6) is -1.55. The molecule has 28 heavy (non-hydrogen) atoms. The van der Waals surface area contributed by atoms with Gasteiger partial charge in [-0.25, -0.2) is 0 Å². The van der Waals surface area contributed by atoms with Crippen LogP contribution in [0.5, 0.6) is 0 Å². The van der Waals surface area contributed by atoms with E-state index < -0.39 is 11.9 Å². The maximum atomic E-state index is 12.6. The first-order valence-electron chi connectivity index (χ1n) is 8.38. The second-order valence-corrected chi connectivity index (χ2v) is 6.57. The van der Waals surface area contributed by atoms with Crippen LogP contribution in [0.15, 0.2) is 54.2 Å². The first-order valence-corrected chi connectivity index (χ1v) is 8.76. The molecule has 6 nitrogen and oxygen atoms in total. The standard InChI is InChI=1S/C21H16ClN3O3/c1-13-17(22)6-4-7-18(13)24-21(28)14(10-23)9-15-11-25(12-20(26)27)19-8-3-2-5-16(15)19/h2-9,11H,12H2,1H3,(H,24,28)(H,26,27)/b14-9-. The zero-order valence-corrected chi connectivity index (χ0v) is 15.7. The lowest BCUT2D eigenvalue weighted by Gasteiger charge is -2.08. The Balaban J connectivity index is 1.99. The molecule has 0 aliphatic carbocycles. The van der Waals surface area contributed by atoms with Crippen molar-refractivity contribution in [2.45, 2.75) is 13.5 Å². The van der Waals surface area contributed by atoms with E-state index in [1.54, 1.807) is 48.0 Å². The Morgan fingerprint density at radius 3 is 2.71 bits per heavy atom. The number of para-hydroxylation sites is 1. The average Bonchev–Trinajstić information content (AvgIpc) is 3.00. The van der Waals surface area contributed by atoms with Gasteiger partial charge in [-0.3, -0.25) is 9.59 Å². The maximum absolute atomic E-state index is 12.6. The number of fused-ring (bicyclic) bond motifs is 1. The molecule has 1 aromatic heterocycles. The monoisotopic (exact) mass is 393 g/mol. The maximum Gasteiger partial charge on any atom is 0.323 e. The minimum absolute atomic E-state index is 0.0994. The summed E-state index contributed by atoms with van der Waals surface area (Å²) < 4.78 is 1.57. The molecule has 3 aromatic rings. The minimum atomic E-state index is -0.981. The molecule has 140 valence electrons. The fourth-order valence-electron chi connectivity index (χ4n) is 2.90. The van der Waals surface area contributed by atoms with Gasteiger partial charge in [-0.05, 0) is 36.8 Å². The van der Waals surface area contributed by atoms with Gasteiger partial charge in [0.2, 0.25) is 0 Å². The minimum Gasteiger partial charge on any atom is -0.480 e. The van der Waals surface area contributed by atoms with Crippen molar-refractivity contribution < 1.29 is 14.7 Å². The number of hydrogen-bond donors (Lipinski definition) is 2. The van der Waals surface area contributed by atoms with Crippen molar-refractivity contribution in [3.05, 3.63) is 70.4 Å². The van der Waals surface area contributed by atoms with E-state index in [1.807, 2.05) is 18.2 Å². The van der Waals surface area contributed by atoms with Gasteiger partial charge in [-0.1, -0.05) is 35.9 Å². The first kappa shape index (κ1) is 19.2. The van der Waals surface area contributed by atoms with Crippen LogP contribution in [0.25, 0.3) is 17.0 Å². The third kappa shape index (κ3) is 3.90. The number of benzene rings is 2. The van der Waals surface area contributed by atoms with Crippen molar-refractivity contribution in [1.82, 2.24) is 4.57 Å². The Labute approximate surface area is 166 Å². The summed E-state index contributed by atoms with van der Waals surface area (Å²) in [4.78, 5) is 23.7. The normalized spacial score (nSPS) is 11.2. The van der Waals surface area contributed by atoms with Crippen LogP contribution in [0.2, 0.25) is 5.02 Å². The third-order valence-electron chi connectivity index (χ3n) is 4.31. The number of carboxylic acids is 1. The van der Waals surface area contributed by atoms with Crippen LogP contribution in [0.4, 0.5) is 5.69 Å². The molecule has 0 saturated carbocycles. The Hall–Kier alpha value is -3.56. The SMILES string of the molecule is Cc1c(Cl)cccc1NC(=O)/C(C#N)=C\c1cn(CC(=O)O)c2ccccc12. The third-order valence-corrected chi connectivity index (χ3v) is 4.72. The number of aromatic nitrogens is 1. The van der Waals surface area contributed by atoms with Crippen LogP contribution in [0.1, 0.15) is 11.1 Å². The summed E-state index contributed by atoms with van der Waals surface area (Å²) in [7, 11) is 0. The van der Waals surface area contributed by atoms with Gasteiger partial charge in [0, 0.05) is 33.4 Å². The summed E-state index contributed by atoms with van der Waals surface area (Å²) in [5.41, 5.74) is 2.42. The molecule has 0 atom stereocenters. The van der Waals surface area contributed by atoms with Gasteiger partial charge in [-0.15, -0.1) is 0 Å². The predicted molar refractivity (Wildman–Crippen MR) is 108 cm³/mol. The van der Waals surface area contributed by atoms with Crippen molar-refractivity contribution in [3.63, 3.8) is 0 Å². The second kappa shape index (κ2) is 7.99. The Bertz CT molecular complexity index is 1160. The van der Waals surface area contributed by atoms with Crippen LogP contribution in [0.3, 0.4) is 0 Å². The van der Waals surface area contributed by atoms with E-state index >= 15 is 0 Å². The highest BCUT2D eigenvalue weighted by atomic mass is 35.5. The lowest BCUT2D eigenvalue weighted by Crippen LogP contribution is -2.14. The van der Waals surface area contributed by atoms with Gasteiger partial charge >= 0.3 is 5.97 Å². The van der Waals surface area contributed by atoms with Crippen molar-refractivity contribution in [2.24, 2.45) is 0 Å². The summed E-state index contributed by atoms with van der Waals surface area (Å²) in [6.45, 7) is 1.55. The number of carbonyl (C=O) groups excluding carboxylic acids is 1. The molecule has 0 spiro atoms. The zero-order valence-electron chi connectivity index (χ0n) is 14.9. The Kier molecular flexibility index (Phi) is 5.48. The van der Waals surface area contributed by atoms with Gasteiger partial charge in [0.1, 0.15) is 18.2 Å². The van der Waals surface area contributed by atoms with E-state index in [1.165, 1.54) is 6.08 Å². The summed E-state index contributed by atoms with van der Waals surface area (Å²) in [6, 6.07) is 14.2. The molecule has 0 aliphatic rings.